The van der Waals surface area contributed by atoms with E-state index in [0.29, 0.717) is 13.0 Å². The second kappa shape index (κ2) is 5.77. The van der Waals surface area contributed by atoms with Crippen molar-refractivity contribution in [2.24, 2.45) is 0 Å². The molecular weight excluding hydrogens is 290 g/mol. The Morgan fingerprint density at radius 2 is 2.09 bits per heavy atom. The van der Waals surface area contributed by atoms with Crippen molar-refractivity contribution in [2.75, 3.05) is 13.6 Å². The van der Waals surface area contributed by atoms with Crippen LogP contribution in [0.2, 0.25) is 0 Å². The molecule has 1 saturated heterocycles. The molecule has 120 valence electrons. The van der Waals surface area contributed by atoms with Gasteiger partial charge in [-0.2, -0.15) is 0 Å². The first-order valence-corrected chi connectivity index (χ1v) is 8.20. The van der Waals surface area contributed by atoms with E-state index in [2.05, 4.69) is 32.2 Å². The zero-order valence-electron chi connectivity index (χ0n) is 13.3. The Bertz CT molecular complexity index is 705. The van der Waals surface area contributed by atoms with Crippen LogP contribution in [0, 0.1) is 0 Å². The molecule has 2 aliphatic rings. The summed E-state index contributed by atoms with van der Waals surface area (Å²) in [5, 5.41) is 12.2. The first kappa shape index (κ1) is 14.4. The second-order valence-electron chi connectivity index (χ2n) is 6.39. The lowest BCUT2D eigenvalue weighted by atomic mass is 10.0. The van der Waals surface area contributed by atoms with Crippen LogP contribution in [0.3, 0.4) is 0 Å². The predicted molar refractivity (Wildman–Crippen MR) is 85.7 cm³/mol. The van der Waals surface area contributed by atoms with Crippen LogP contribution in [0.1, 0.15) is 42.1 Å². The van der Waals surface area contributed by atoms with E-state index < -0.39 is 0 Å². The summed E-state index contributed by atoms with van der Waals surface area (Å²) >= 11 is 0. The number of aromatic nitrogens is 3. The zero-order valence-corrected chi connectivity index (χ0v) is 13.3. The molecule has 1 N–H and O–H groups in total. The molecule has 0 bridgehead atoms. The minimum Gasteiger partial charge on any atom is -0.336 e. The van der Waals surface area contributed by atoms with Gasteiger partial charge in [0.05, 0.1) is 12.6 Å². The van der Waals surface area contributed by atoms with Gasteiger partial charge >= 0.3 is 0 Å². The topological polar surface area (TPSA) is 63.1 Å². The lowest BCUT2D eigenvalue weighted by molar-refractivity contribution is -0.136. The molecule has 6 heteroatoms. The number of amides is 1. The standard InChI is InChI=1S/C17H21N5O/c1-21-11-15-19-20-16(13-8-5-9-18-13)22(15)14(17(21)23)10-12-6-3-2-4-7-12/h2-4,6-7,13-14,18H,5,8-11H2,1H3/t13-,14-/m0/s1. The quantitative estimate of drug-likeness (QED) is 0.932. The van der Waals surface area contributed by atoms with Gasteiger partial charge in [-0.05, 0) is 24.9 Å². The van der Waals surface area contributed by atoms with Crippen molar-refractivity contribution in [1.82, 2.24) is 25.0 Å². The van der Waals surface area contributed by atoms with Gasteiger partial charge in [0.15, 0.2) is 11.6 Å². The second-order valence-corrected chi connectivity index (χ2v) is 6.39. The summed E-state index contributed by atoms with van der Waals surface area (Å²) in [6.45, 7) is 1.54. The van der Waals surface area contributed by atoms with E-state index in [4.69, 9.17) is 0 Å². The van der Waals surface area contributed by atoms with Gasteiger partial charge in [-0.15, -0.1) is 10.2 Å². The number of nitrogens with zero attached hydrogens (tertiary/aromatic N) is 4. The molecular formula is C17H21N5O. The number of likely N-dealkylation sites (N-methyl/N-ethyl adjacent to an activating group) is 1. The Hall–Kier alpha value is -2.21. The summed E-state index contributed by atoms with van der Waals surface area (Å²) in [5.74, 6) is 1.94. The van der Waals surface area contributed by atoms with Gasteiger partial charge in [0.1, 0.15) is 6.04 Å². The predicted octanol–water partition coefficient (Wildman–Crippen LogP) is 1.46. The van der Waals surface area contributed by atoms with Crippen molar-refractivity contribution >= 4 is 5.91 Å². The molecule has 2 aliphatic heterocycles. The van der Waals surface area contributed by atoms with Gasteiger partial charge in [-0.1, -0.05) is 30.3 Å². The van der Waals surface area contributed by atoms with E-state index in [1.54, 1.807) is 4.90 Å². The highest BCUT2D eigenvalue weighted by atomic mass is 16.2. The molecule has 1 aromatic carbocycles. The smallest absolute Gasteiger partial charge is 0.246 e. The third kappa shape index (κ3) is 2.53. The number of hydrogen-bond acceptors (Lipinski definition) is 4. The van der Waals surface area contributed by atoms with E-state index in [9.17, 15) is 4.79 Å². The Morgan fingerprint density at radius 3 is 2.83 bits per heavy atom. The van der Waals surface area contributed by atoms with Crippen LogP contribution in [0.5, 0.6) is 0 Å². The number of hydrogen-bond donors (Lipinski definition) is 1. The van der Waals surface area contributed by atoms with Gasteiger partial charge in [-0.3, -0.25) is 9.36 Å². The molecule has 1 amide bonds. The first-order chi connectivity index (χ1) is 11.2. The molecule has 1 aromatic heterocycles. The Labute approximate surface area is 135 Å². The SMILES string of the molecule is CN1Cc2nnc([C@@H]3CCCN3)n2[C@@H](Cc2ccccc2)C1=O. The van der Waals surface area contributed by atoms with Crippen LogP contribution >= 0.6 is 0 Å². The van der Waals surface area contributed by atoms with Crippen LogP contribution in [0.4, 0.5) is 0 Å². The highest BCUT2D eigenvalue weighted by molar-refractivity contribution is 5.81. The van der Waals surface area contributed by atoms with E-state index in [-0.39, 0.29) is 18.0 Å². The molecule has 4 rings (SSSR count). The summed E-state index contributed by atoms with van der Waals surface area (Å²) in [5.41, 5.74) is 1.16. The van der Waals surface area contributed by atoms with E-state index in [0.717, 1.165) is 36.6 Å². The summed E-state index contributed by atoms with van der Waals surface area (Å²) in [6.07, 6.45) is 2.87. The van der Waals surface area contributed by atoms with E-state index in [1.165, 1.54) is 0 Å². The normalized spacial score (nSPS) is 24.0. The van der Waals surface area contributed by atoms with Gasteiger partial charge in [0.2, 0.25) is 5.91 Å². The maximum absolute atomic E-state index is 12.8. The number of nitrogens with one attached hydrogen (secondary N) is 1. The van der Waals surface area contributed by atoms with Crippen molar-refractivity contribution in [3.05, 3.63) is 47.5 Å². The molecule has 23 heavy (non-hydrogen) atoms. The van der Waals surface area contributed by atoms with E-state index in [1.807, 2.05) is 25.2 Å². The Kier molecular flexibility index (Phi) is 3.61. The molecule has 3 heterocycles. The highest BCUT2D eigenvalue weighted by Gasteiger charge is 2.36. The van der Waals surface area contributed by atoms with E-state index >= 15 is 0 Å². The number of carbonyl (C=O) groups excluding carboxylic acids is 1. The summed E-state index contributed by atoms with van der Waals surface area (Å²) in [4.78, 5) is 14.5. The lowest BCUT2D eigenvalue weighted by Crippen LogP contribution is -2.42. The molecule has 0 saturated carbocycles. The molecule has 0 radical (unpaired) electrons. The van der Waals surface area contributed by atoms with Crippen molar-refractivity contribution < 1.29 is 4.79 Å². The number of benzene rings is 1. The van der Waals surface area contributed by atoms with Crippen LogP contribution in [-0.4, -0.2) is 39.2 Å². The first-order valence-electron chi connectivity index (χ1n) is 8.20. The van der Waals surface area contributed by atoms with Crippen molar-refractivity contribution in [2.45, 2.75) is 37.9 Å². The largest absolute Gasteiger partial charge is 0.336 e. The van der Waals surface area contributed by atoms with Crippen LogP contribution in [0.15, 0.2) is 30.3 Å². The average Bonchev–Trinajstić information content (AvgIpc) is 3.21. The fraction of sp³-hybridized carbons (Fsp3) is 0.471. The molecule has 0 spiro atoms. The fourth-order valence-electron chi connectivity index (χ4n) is 3.60. The molecule has 2 aromatic rings. The minimum absolute atomic E-state index is 0.139. The number of carbonyl (C=O) groups is 1. The zero-order chi connectivity index (χ0) is 15.8. The van der Waals surface area contributed by atoms with Gasteiger partial charge < -0.3 is 10.2 Å². The molecule has 2 atom stereocenters. The summed E-state index contributed by atoms with van der Waals surface area (Å²) in [6, 6.07) is 10.1. The van der Waals surface area contributed by atoms with Gasteiger partial charge in [-0.25, -0.2) is 0 Å². The molecule has 0 aliphatic carbocycles. The summed E-state index contributed by atoms with van der Waals surface area (Å²) in [7, 11) is 1.84. The lowest BCUT2D eigenvalue weighted by Gasteiger charge is -2.32. The number of rotatable bonds is 3. The molecule has 0 unspecified atom stereocenters. The average molecular weight is 311 g/mol. The fourth-order valence-corrected chi connectivity index (χ4v) is 3.60. The van der Waals surface area contributed by atoms with Crippen LogP contribution < -0.4 is 5.32 Å². The minimum atomic E-state index is -0.251. The Morgan fingerprint density at radius 1 is 1.26 bits per heavy atom. The van der Waals surface area contributed by atoms with Crippen molar-refractivity contribution in [1.29, 1.82) is 0 Å². The maximum atomic E-state index is 12.8. The van der Waals surface area contributed by atoms with Crippen molar-refractivity contribution in [3.8, 4) is 0 Å². The monoisotopic (exact) mass is 311 g/mol. The van der Waals surface area contributed by atoms with Crippen molar-refractivity contribution in [3.63, 3.8) is 0 Å². The van der Waals surface area contributed by atoms with Crippen LogP contribution in [0.25, 0.3) is 0 Å². The third-order valence-electron chi connectivity index (χ3n) is 4.79. The molecule has 6 nitrogen and oxygen atoms in total. The molecule has 1 fully saturated rings. The number of fused-ring (bicyclic) bond motifs is 1. The van der Waals surface area contributed by atoms with Crippen LogP contribution in [-0.2, 0) is 17.8 Å². The van der Waals surface area contributed by atoms with Gasteiger partial charge in [0, 0.05) is 13.5 Å². The maximum Gasteiger partial charge on any atom is 0.246 e. The Balaban J connectivity index is 1.73. The third-order valence-corrected chi connectivity index (χ3v) is 4.79. The summed E-state index contributed by atoms with van der Waals surface area (Å²) < 4.78 is 2.08. The van der Waals surface area contributed by atoms with Gasteiger partial charge in [0.25, 0.3) is 0 Å². The highest BCUT2D eigenvalue weighted by Crippen LogP contribution is 2.30.